The molecular weight excluding hydrogens is 232 g/mol. The normalized spacial score (nSPS) is 31.4. The van der Waals surface area contributed by atoms with Crippen molar-refractivity contribution < 1.29 is 0 Å². The summed E-state index contributed by atoms with van der Waals surface area (Å²) in [6.45, 7) is 10.1. The number of hydrogen-bond donors (Lipinski definition) is 1. The van der Waals surface area contributed by atoms with E-state index in [9.17, 15) is 0 Å². The first-order chi connectivity index (χ1) is 8.09. The number of rotatable bonds is 2. The van der Waals surface area contributed by atoms with Crippen molar-refractivity contribution in [3.05, 3.63) is 22.8 Å². The van der Waals surface area contributed by atoms with E-state index in [1.807, 2.05) is 0 Å². The summed E-state index contributed by atoms with van der Waals surface area (Å²) in [7, 11) is 0. The average molecular weight is 255 g/mol. The molecule has 1 N–H and O–H groups in total. The molecule has 2 nitrogen and oxygen atoms in total. The maximum atomic E-state index is 6.28. The summed E-state index contributed by atoms with van der Waals surface area (Å²) in [5, 5.41) is 4.40. The lowest BCUT2D eigenvalue weighted by Gasteiger charge is -2.40. The Kier molecular flexibility index (Phi) is 4.29. The van der Waals surface area contributed by atoms with Gasteiger partial charge in [0.25, 0.3) is 0 Å². The Morgan fingerprint density at radius 1 is 1.47 bits per heavy atom. The van der Waals surface area contributed by atoms with Gasteiger partial charge in [-0.25, -0.2) is 0 Å². The predicted molar refractivity (Wildman–Crippen MR) is 74.3 cm³/mol. The molecule has 2 aliphatic rings. The van der Waals surface area contributed by atoms with Crippen molar-refractivity contribution in [2.45, 2.75) is 39.3 Å². The van der Waals surface area contributed by atoms with Gasteiger partial charge in [-0.15, -0.1) is 0 Å². The van der Waals surface area contributed by atoms with Gasteiger partial charge in [0.2, 0.25) is 0 Å². The number of nitrogens with zero attached hydrogens (tertiary/aromatic N) is 1. The lowest BCUT2D eigenvalue weighted by molar-refractivity contribution is 0.140. The fourth-order valence-electron chi connectivity index (χ4n) is 2.75. The van der Waals surface area contributed by atoms with Crippen molar-refractivity contribution in [1.82, 2.24) is 10.2 Å². The Balaban J connectivity index is 2.12. The minimum Gasteiger partial charge on any atom is -0.314 e. The summed E-state index contributed by atoms with van der Waals surface area (Å²) in [5.74, 6) is 0.514. The van der Waals surface area contributed by atoms with Gasteiger partial charge in [-0.3, -0.25) is 4.90 Å². The van der Waals surface area contributed by atoms with E-state index in [0.29, 0.717) is 18.0 Å². The van der Waals surface area contributed by atoms with Crippen LogP contribution in [-0.4, -0.2) is 36.6 Å². The van der Waals surface area contributed by atoms with Crippen LogP contribution in [-0.2, 0) is 0 Å². The molecule has 2 rings (SSSR count). The van der Waals surface area contributed by atoms with Gasteiger partial charge in [-0.05, 0) is 24.8 Å². The molecule has 0 aromatic rings. The highest BCUT2D eigenvalue weighted by Gasteiger charge is 2.27. The molecule has 96 valence electrons. The quantitative estimate of drug-likeness (QED) is 0.815. The molecule has 0 spiro atoms. The van der Waals surface area contributed by atoms with Gasteiger partial charge in [0.05, 0.1) is 0 Å². The smallest absolute Gasteiger partial charge is 0.0398 e. The summed E-state index contributed by atoms with van der Waals surface area (Å²) < 4.78 is 0. The van der Waals surface area contributed by atoms with E-state index in [1.165, 1.54) is 5.57 Å². The van der Waals surface area contributed by atoms with Crippen LogP contribution in [0.2, 0.25) is 0 Å². The highest BCUT2D eigenvalue weighted by molar-refractivity contribution is 6.32. The molecule has 1 aliphatic heterocycles. The molecule has 1 heterocycles. The largest absolute Gasteiger partial charge is 0.314 e. The standard InChI is InChI=1S/C14H23ClN2/c1-10(2)13-8-12(4-5-14(13)15)17-7-6-16-9-11(17)3/h5,8,10-12,16H,4,6-7,9H2,1-3H3/t11-,12?/m0/s1. The van der Waals surface area contributed by atoms with Crippen LogP contribution in [0.3, 0.4) is 0 Å². The first kappa shape index (κ1) is 13.1. The molecule has 3 heteroatoms. The highest BCUT2D eigenvalue weighted by atomic mass is 35.5. The monoisotopic (exact) mass is 254 g/mol. The molecule has 0 saturated carbocycles. The zero-order valence-corrected chi connectivity index (χ0v) is 11.8. The van der Waals surface area contributed by atoms with E-state index in [1.54, 1.807) is 0 Å². The number of nitrogens with one attached hydrogen (secondary N) is 1. The maximum absolute atomic E-state index is 6.28. The van der Waals surface area contributed by atoms with Gasteiger partial charge in [0.15, 0.2) is 0 Å². The molecule has 1 unspecified atom stereocenters. The average Bonchev–Trinajstić information content (AvgIpc) is 2.30. The molecule has 0 aromatic carbocycles. The van der Waals surface area contributed by atoms with Crippen molar-refractivity contribution in [2.24, 2.45) is 5.92 Å². The Morgan fingerprint density at radius 3 is 2.88 bits per heavy atom. The summed E-state index contributed by atoms with van der Waals surface area (Å²) >= 11 is 6.28. The highest BCUT2D eigenvalue weighted by Crippen LogP contribution is 2.30. The zero-order valence-electron chi connectivity index (χ0n) is 11.0. The van der Waals surface area contributed by atoms with Gasteiger partial charge < -0.3 is 5.32 Å². The van der Waals surface area contributed by atoms with Crippen LogP contribution in [0.15, 0.2) is 22.8 Å². The van der Waals surface area contributed by atoms with Crippen LogP contribution in [0, 0.1) is 5.92 Å². The Hall–Kier alpha value is -0.310. The van der Waals surface area contributed by atoms with Crippen molar-refractivity contribution in [2.75, 3.05) is 19.6 Å². The van der Waals surface area contributed by atoms with Crippen LogP contribution in [0.5, 0.6) is 0 Å². The number of halogens is 1. The molecule has 1 fully saturated rings. The van der Waals surface area contributed by atoms with Crippen LogP contribution in [0.25, 0.3) is 0 Å². The molecule has 0 bridgehead atoms. The zero-order chi connectivity index (χ0) is 12.4. The third-order valence-corrected chi connectivity index (χ3v) is 4.16. The van der Waals surface area contributed by atoms with Crippen molar-refractivity contribution in [3.8, 4) is 0 Å². The number of hydrogen-bond acceptors (Lipinski definition) is 2. The fraction of sp³-hybridized carbons (Fsp3) is 0.714. The Labute approximate surface area is 110 Å². The molecule has 0 radical (unpaired) electrons. The van der Waals surface area contributed by atoms with E-state index in [0.717, 1.165) is 31.1 Å². The minimum absolute atomic E-state index is 0.514. The molecular formula is C14H23ClN2. The lowest BCUT2D eigenvalue weighted by Crippen LogP contribution is -2.53. The second-order valence-corrected chi connectivity index (χ2v) is 5.83. The van der Waals surface area contributed by atoms with Crippen molar-refractivity contribution >= 4 is 11.6 Å². The second-order valence-electron chi connectivity index (χ2n) is 5.42. The maximum Gasteiger partial charge on any atom is 0.0398 e. The van der Waals surface area contributed by atoms with Crippen LogP contribution in [0.4, 0.5) is 0 Å². The molecule has 1 saturated heterocycles. The van der Waals surface area contributed by atoms with Crippen molar-refractivity contribution in [3.63, 3.8) is 0 Å². The van der Waals surface area contributed by atoms with Gasteiger partial charge in [0, 0.05) is 36.8 Å². The van der Waals surface area contributed by atoms with Gasteiger partial charge in [-0.1, -0.05) is 37.6 Å². The Morgan fingerprint density at radius 2 is 2.24 bits per heavy atom. The van der Waals surface area contributed by atoms with Gasteiger partial charge in [0.1, 0.15) is 0 Å². The fourth-order valence-corrected chi connectivity index (χ4v) is 3.12. The van der Waals surface area contributed by atoms with Crippen LogP contribution >= 0.6 is 11.6 Å². The number of piperazine rings is 1. The molecule has 0 aromatic heterocycles. The van der Waals surface area contributed by atoms with Gasteiger partial charge in [-0.2, -0.15) is 0 Å². The molecule has 0 amide bonds. The minimum atomic E-state index is 0.514. The summed E-state index contributed by atoms with van der Waals surface area (Å²) in [5.41, 5.74) is 1.31. The third kappa shape index (κ3) is 2.93. The molecule has 1 aliphatic carbocycles. The summed E-state index contributed by atoms with van der Waals surface area (Å²) in [6.07, 6.45) is 5.63. The predicted octanol–water partition coefficient (Wildman–Crippen LogP) is 2.76. The van der Waals surface area contributed by atoms with E-state index in [2.05, 4.69) is 43.1 Å². The van der Waals surface area contributed by atoms with Crippen LogP contribution < -0.4 is 5.32 Å². The van der Waals surface area contributed by atoms with Gasteiger partial charge >= 0.3 is 0 Å². The van der Waals surface area contributed by atoms with Crippen LogP contribution in [0.1, 0.15) is 27.2 Å². The second kappa shape index (κ2) is 5.55. The summed E-state index contributed by atoms with van der Waals surface area (Å²) in [6, 6.07) is 1.15. The molecule has 17 heavy (non-hydrogen) atoms. The van der Waals surface area contributed by atoms with E-state index in [4.69, 9.17) is 11.6 Å². The first-order valence-electron chi connectivity index (χ1n) is 6.63. The lowest BCUT2D eigenvalue weighted by atomic mass is 9.92. The van der Waals surface area contributed by atoms with E-state index >= 15 is 0 Å². The van der Waals surface area contributed by atoms with Crippen molar-refractivity contribution in [1.29, 1.82) is 0 Å². The summed E-state index contributed by atoms with van der Waals surface area (Å²) in [4.78, 5) is 2.60. The van der Waals surface area contributed by atoms with E-state index < -0.39 is 0 Å². The third-order valence-electron chi connectivity index (χ3n) is 3.79. The first-order valence-corrected chi connectivity index (χ1v) is 7.01. The SMILES string of the molecule is CC(C)C1=CC(N2CCNC[C@@H]2C)CC=C1Cl. The molecule has 2 atom stereocenters. The number of allylic oxidation sites excluding steroid dienone is 2. The topological polar surface area (TPSA) is 15.3 Å². The Bertz CT molecular complexity index is 333. The van der Waals surface area contributed by atoms with E-state index in [-0.39, 0.29) is 0 Å².